The summed E-state index contributed by atoms with van der Waals surface area (Å²) in [5.41, 5.74) is 1.70. The largest absolute Gasteiger partial charge is 0.342 e. The van der Waals surface area contributed by atoms with Crippen molar-refractivity contribution in [1.29, 1.82) is 0 Å². The van der Waals surface area contributed by atoms with Crippen LogP contribution < -0.4 is 10.6 Å². The third-order valence-electron chi connectivity index (χ3n) is 4.42. The molecule has 0 aliphatic heterocycles. The minimum absolute atomic E-state index is 0.105. The summed E-state index contributed by atoms with van der Waals surface area (Å²) >= 11 is 2.65. The molecule has 8 nitrogen and oxygen atoms in total. The van der Waals surface area contributed by atoms with Crippen molar-refractivity contribution in [3.63, 3.8) is 0 Å². The fourth-order valence-electron chi connectivity index (χ4n) is 2.75. The second kappa shape index (κ2) is 9.86. The molecule has 0 spiro atoms. The predicted octanol–water partition coefficient (Wildman–Crippen LogP) is 3.44. The minimum Gasteiger partial charge on any atom is -0.342 e. The molecule has 0 radical (unpaired) electrons. The van der Waals surface area contributed by atoms with Crippen molar-refractivity contribution in [1.82, 2.24) is 25.1 Å². The van der Waals surface area contributed by atoms with E-state index in [0.717, 1.165) is 5.56 Å². The van der Waals surface area contributed by atoms with Gasteiger partial charge in [-0.1, -0.05) is 43.3 Å². The van der Waals surface area contributed by atoms with Gasteiger partial charge in [0.1, 0.15) is 0 Å². The molecule has 0 fully saturated rings. The summed E-state index contributed by atoms with van der Waals surface area (Å²) in [6.07, 6.45) is 1.64. The van der Waals surface area contributed by atoms with Gasteiger partial charge in [0.2, 0.25) is 5.91 Å². The lowest BCUT2D eigenvalue weighted by Gasteiger charge is -2.21. The number of benzene rings is 1. The Morgan fingerprint density at radius 3 is 2.57 bits per heavy atom. The molecule has 2 N–H and O–H groups in total. The van der Waals surface area contributed by atoms with Crippen LogP contribution in [-0.2, 0) is 11.8 Å². The number of aromatic nitrogens is 4. The molecule has 0 aliphatic carbocycles. The van der Waals surface area contributed by atoms with Gasteiger partial charge in [0.15, 0.2) is 16.1 Å². The molecule has 1 atom stereocenters. The van der Waals surface area contributed by atoms with Gasteiger partial charge in [0.05, 0.1) is 11.8 Å². The molecule has 30 heavy (non-hydrogen) atoms. The highest BCUT2D eigenvalue weighted by molar-refractivity contribution is 7.99. The monoisotopic (exact) mass is 444 g/mol. The van der Waals surface area contributed by atoms with Crippen LogP contribution in [0.4, 0.5) is 5.13 Å². The SMILES string of the molecule is Cc1ccc(C(=O)N[C@H](c2nnc(SCC(=O)Nc3nccs3)n2C)C(C)C)cc1. The van der Waals surface area contributed by atoms with E-state index in [1.165, 1.54) is 23.1 Å². The molecule has 2 aromatic heterocycles. The van der Waals surface area contributed by atoms with Crippen LogP contribution >= 0.6 is 23.1 Å². The first-order valence-electron chi connectivity index (χ1n) is 9.44. The van der Waals surface area contributed by atoms with Crippen LogP contribution in [0.1, 0.15) is 41.6 Å². The van der Waals surface area contributed by atoms with Gasteiger partial charge in [-0.25, -0.2) is 4.98 Å². The van der Waals surface area contributed by atoms with Crippen LogP contribution in [0.25, 0.3) is 0 Å². The van der Waals surface area contributed by atoms with Crippen molar-refractivity contribution in [3.05, 3.63) is 52.8 Å². The van der Waals surface area contributed by atoms with Gasteiger partial charge in [0.25, 0.3) is 5.91 Å². The molecule has 10 heteroatoms. The topological polar surface area (TPSA) is 102 Å². The standard InChI is InChI=1S/C20H24N6O2S2/c1-12(2)16(23-18(28)14-7-5-13(3)6-8-14)17-24-25-20(26(17)4)30-11-15(27)22-19-21-9-10-29-19/h5-10,12,16H,11H2,1-4H3,(H,23,28)(H,21,22,27)/t16-/m0/s1. The lowest BCUT2D eigenvalue weighted by Crippen LogP contribution is -2.33. The Balaban J connectivity index is 1.67. The minimum atomic E-state index is -0.310. The number of thioether (sulfide) groups is 1. The number of thiazole rings is 1. The molecular weight excluding hydrogens is 420 g/mol. The van der Waals surface area contributed by atoms with Crippen molar-refractivity contribution in [2.75, 3.05) is 11.1 Å². The van der Waals surface area contributed by atoms with Crippen molar-refractivity contribution in [2.45, 2.75) is 32.0 Å². The lowest BCUT2D eigenvalue weighted by atomic mass is 10.0. The number of hydrogen-bond acceptors (Lipinski definition) is 7. The zero-order valence-corrected chi connectivity index (χ0v) is 18.9. The Morgan fingerprint density at radius 1 is 1.20 bits per heavy atom. The van der Waals surface area contributed by atoms with Crippen molar-refractivity contribution >= 4 is 40.0 Å². The average Bonchev–Trinajstić information content (AvgIpc) is 3.34. The fourth-order valence-corrected chi connectivity index (χ4v) is 4.02. The van der Waals surface area contributed by atoms with Crippen LogP contribution in [0.3, 0.4) is 0 Å². The average molecular weight is 445 g/mol. The first kappa shape index (κ1) is 22.0. The molecule has 1 aromatic carbocycles. The highest BCUT2D eigenvalue weighted by Gasteiger charge is 2.25. The van der Waals surface area contributed by atoms with Crippen LogP contribution in [0.5, 0.6) is 0 Å². The Labute approximate surface area is 183 Å². The Hall–Kier alpha value is -2.72. The van der Waals surface area contributed by atoms with Gasteiger partial charge in [0, 0.05) is 24.2 Å². The Bertz CT molecular complexity index is 999. The number of aryl methyl sites for hydroxylation is 1. The van der Waals surface area contributed by atoms with E-state index in [1.807, 2.05) is 44.5 Å². The summed E-state index contributed by atoms with van der Waals surface area (Å²) < 4.78 is 1.82. The summed E-state index contributed by atoms with van der Waals surface area (Å²) in [5, 5.41) is 17.3. The van der Waals surface area contributed by atoms with Gasteiger partial charge in [-0.3, -0.25) is 9.59 Å². The molecule has 0 bridgehead atoms. The van der Waals surface area contributed by atoms with Crippen molar-refractivity contribution in [3.8, 4) is 0 Å². The van der Waals surface area contributed by atoms with Gasteiger partial charge in [-0.2, -0.15) is 0 Å². The number of carbonyl (C=O) groups is 2. The Kier molecular flexibility index (Phi) is 7.22. The van der Waals surface area contributed by atoms with Crippen LogP contribution in [0.2, 0.25) is 0 Å². The van der Waals surface area contributed by atoms with Gasteiger partial charge in [-0.15, -0.1) is 21.5 Å². The van der Waals surface area contributed by atoms with E-state index in [-0.39, 0.29) is 29.5 Å². The fraction of sp³-hybridized carbons (Fsp3) is 0.350. The van der Waals surface area contributed by atoms with E-state index in [1.54, 1.807) is 23.7 Å². The van der Waals surface area contributed by atoms with Gasteiger partial charge >= 0.3 is 0 Å². The lowest BCUT2D eigenvalue weighted by molar-refractivity contribution is -0.113. The number of nitrogens with zero attached hydrogens (tertiary/aromatic N) is 4. The zero-order valence-electron chi connectivity index (χ0n) is 17.2. The second-order valence-corrected chi connectivity index (χ2v) is 8.97. The maximum absolute atomic E-state index is 12.7. The molecule has 2 amide bonds. The number of anilines is 1. The number of nitrogens with one attached hydrogen (secondary N) is 2. The van der Waals surface area contributed by atoms with Gasteiger partial charge in [-0.05, 0) is 25.0 Å². The van der Waals surface area contributed by atoms with Crippen LogP contribution in [0, 0.1) is 12.8 Å². The smallest absolute Gasteiger partial charge is 0.251 e. The summed E-state index contributed by atoms with van der Waals surface area (Å²) in [6, 6.07) is 7.12. The molecule has 3 rings (SSSR count). The molecule has 3 aromatic rings. The quantitative estimate of drug-likeness (QED) is 0.516. The normalized spacial score (nSPS) is 12.0. The first-order valence-corrected chi connectivity index (χ1v) is 11.3. The third-order valence-corrected chi connectivity index (χ3v) is 6.13. The molecular formula is C20H24N6O2S2. The first-order chi connectivity index (χ1) is 14.3. The zero-order chi connectivity index (χ0) is 21.7. The van der Waals surface area contributed by atoms with E-state index >= 15 is 0 Å². The summed E-state index contributed by atoms with van der Waals surface area (Å²) in [7, 11) is 1.84. The second-order valence-electron chi connectivity index (χ2n) is 7.14. The van der Waals surface area contributed by atoms with E-state index < -0.39 is 0 Å². The third kappa shape index (κ3) is 5.45. The summed E-state index contributed by atoms with van der Waals surface area (Å²) in [4.78, 5) is 28.8. The van der Waals surface area contributed by atoms with Crippen molar-refractivity contribution < 1.29 is 9.59 Å². The van der Waals surface area contributed by atoms with Crippen molar-refractivity contribution in [2.24, 2.45) is 13.0 Å². The highest BCUT2D eigenvalue weighted by atomic mass is 32.2. The van der Waals surface area contributed by atoms with E-state index in [0.29, 0.717) is 21.7 Å². The molecule has 158 valence electrons. The molecule has 2 heterocycles. The Morgan fingerprint density at radius 2 is 1.93 bits per heavy atom. The number of carbonyl (C=O) groups excluding carboxylic acids is 2. The van der Waals surface area contributed by atoms with E-state index in [9.17, 15) is 9.59 Å². The van der Waals surface area contributed by atoms with E-state index in [2.05, 4.69) is 25.8 Å². The van der Waals surface area contributed by atoms with Crippen LogP contribution in [0.15, 0.2) is 41.0 Å². The molecule has 0 unspecified atom stereocenters. The summed E-state index contributed by atoms with van der Waals surface area (Å²) in [5.74, 6) is 0.621. The molecule has 0 saturated heterocycles. The van der Waals surface area contributed by atoms with E-state index in [4.69, 9.17) is 0 Å². The maximum atomic E-state index is 12.7. The van der Waals surface area contributed by atoms with Crippen LogP contribution in [-0.4, -0.2) is 37.3 Å². The maximum Gasteiger partial charge on any atom is 0.251 e. The highest BCUT2D eigenvalue weighted by Crippen LogP contribution is 2.24. The number of amides is 2. The van der Waals surface area contributed by atoms with Gasteiger partial charge < -0.3 is 15.2 Å². The number of hydrogen-bond donors (Lipinski definition) is 2. The predicted molar refractivity (Wildman–Crippen MR) is 119 cm³/mol. The molecule has 0 saturated carbocycles. The number of rotatable bonds is 8. The summed E-state index contributed by atoms with van der Waals surface area (Å²) in [6.45, 7) is 6.01. The molecule has 0 aliphatic rings.